The number of rotatable bonds is 4. The normalized spacial score (nSPS) is 10.1. The summed E-state index contributed by atoms with van der Waals surface area (Å²) in [4.78, 5) is 4.29. The molecule has 2 aromatic carbocycles. The molecule has 26 heavy (non-hydrogen) atoms. The standard InChI is InChI=1S/C18H14ClFN4O.ClH/c1-2-25-17-7-16-12(6-15(17)22)18(10(8-21)9-23-16)24-11-3-4-14(20)13(19)5-11;/h3-7,9H,2,22H2,1H3,(H,23,24);1H. The molecule has 0 aliphatic carbocycles. The van der Waals surface area contributed by atoms with Crippen LogP contribution in [0, 0.1) is 17.1 Å². The second-order valence-corrected chi connectivity index (χ2v) is 5.66. The fourth-order valence-electron chi connectivity index (χ4n) is 2.45. The molecule has 0 spiro atoms. The number of nitrogens with zero attached hydrogens (tertiary/aromatic N) is 2. The summed E-state index contributed by atoms with van der Waals surface area (Å²) in [5.41, 5.74) is 8.48. The number of nitrogens with one attached hydrogen (secondary N) is 1. The van der Waals surface area contributed by atoms with Crippen molar-refractivity contribution in [3.63, 3.8) is 0 Å². The Morgan fingerprint density at radius 1 is 1.35 bits per heavy atom. The van der Waals surface area contributed by atoms with Crippen molar-refractivity contribution in [2.45, 2.75) is 6.92 Å². The summed E-state index contributed by atoms with van der Waals surface area (Å²) in [6.07, 6.45) is 1.46. The number of nitriles is 1. The third-order valence-corrected chi connectivity index (χ3v) is 3.90. The second kappa shape index (κ2) is 8.09. The Hall–Kier alpha value is -2.75. The number of nitrogen functional groups attached to an aromatic ring is 1. The van der Waals surface area contributed by atoms with Crippen LogP contribution in [0.3, 0.4) is 0 Å². The zero-order valence-electron chi connectivity index (χ0n) is 13.7. The molecule has 8 heteroatoms. The predicted octanol–water partition coefficient (Wildman–Crippen LogP) is 5.05. The van der Waals surface area contributed by atoms with Crippen molar-refractivity contribution in [2.24, 2.45) is 0 Å². The lowest BCUT2D eigenvalue weighted by atomic mass is 10.1. The molecule has 0 saturated heterocycles. The molecule has 5 nitrogen and oxygen atoms in total. The van der Waals surface area contributed by atoms with Crippen LogP contribution >= 0.6 is 24.0 Å². The molecule has 1 aromatic heterocycles. The van der Waals surface area contributed by atoms with Gasteiger partial charge in [-0.1, -0.05) is 11.6 Å². The number of benzene rings is 2. The molecule has 0 saturated carbocycles. The topological polar surface area (TPSA) is 84.0 Å². The molecule has 0 bridgehead atoms. The largest absolute Gasteiger partial charge is 0.492 e. The molecule has 0 aliphatic heterocycles. The van der Waals surface area contributed by atoms with Crippen LogP contribution < -0.4 is 15.8 Å². The molecular formula is C18H15Cl2FN4O. The van der Waals surface area contributed by atoms with Crippen molar-refractivity contribution >= 4 is 52.0 Å². The Bertz CT molecular complexity index is 1000. The summed E-state index contributed by atoms with van der Waals surface area (Å²) in [5, 5.41) is 13.1. The van der Waals surface area contributed by atoms with Crippen LogP contribution in [-0.2, 0) is 0 Å². The summed E-state index contributed by atoms with van der Waals surface area (Å²) in [6, 6.07) is 9.74. The van der Waals surface area contributed by atoms with E-state index >= 15 is 0 Å². The van der Waals surface area contributed by atoms with Crippen molar-refractivity contribution < 1.29 is 9.13 Å². The highest BCUT2D eigenvalue weighted by atomic mass is 35.5. The molecule has 0 unspecified atom stereocenters. The molecule has 0 fully saturated rings. The Kier molecular flexibility index (Phi) is 6.09. The van der Waals surface area contributed by atoms with Crippen molar-refractivity contribution in [3.05, 3.63) is 52.9 Å². The van der Waals surface area contributed by atoms with E-state index in [-0.39, 0.29) is 17.4 Å². The summed E-state index contributed by atoms with van der Waals surface area (Å²) < 4.78 is 18.8. The van der Waals surface area contributed by atoms with Gasteiger partial charge in [0.1, 0.15) is 17.6 Å². The number of nitrogens with two attached hydrogens (primary N) is 1. The molecule has 3 aromatic rings. The van der Waals surface area contributed by atoms with Crippen LogP contribution in [0.5, 0.6) is 5.75 Å². The highest BCUT2D eigenvalue weighted by Gasteiger charge is 2.13. The van der Waals surface area contributed by atoms with Gasteiger partial charge < -0.3 is 15.8 Å². The Morgan fingerprint density at radius 2 is 2.12 bits per heavy atom. The molecule has 0 amide bonds. The summed E-state index contributed by atoms with van der Waals surface area (Å²) in [5.74, 6) is 0.0147. The molecule has 0 atom stereocenters. The minimum atomic E-state index is -0.516. The van der Waals surface area contributed by atoms with E-state index in [1.54, 1.807) is 12.1 Å². The van der Waals surface area contributed by atoms with E-state index in [4.69, 9.17) is 22.1 Å². The maximum absolute atomic E-state index is 13.4. The lowest BCUT2D eigenvalue weighted by molar-refractivity contribution is 0.342. The number of halogens is 3. The first kappa shape index (κ1) is 19.6. The van der Waals surface area contributed by atoms with E-state index in [2.05, 4.69) is 16.4 Å². The molecule has 134 valence electrons. The second-order valence-electron chi connectivity index (χ2n) is 5.25. The van der Waals surface area contributed by atoms with Gasteiger partial charge in [0.2, 0.25) is 0 Å². The average Bonchev–Trinajstić information content (AvgIpc) is 2.60. The first-order valence-electron chi connectivity index (χ1n) is 7.50. The fraction of sp³-hybridized carbons (Fsp3) is 0.111. The minimum absolute atomic E-state index is 0. The van der Waals surface area contributed by atoms with E-state index in [9.17, 15) is 9.65 Å². The Balaban J connectivity index is 0.00000243. The average molecular weight is 393 g/mol. The third-order valence-electron chi connectivity index (χ3n) is 3.61. The van der Waals surface area contributed by atoms with Gasteiger partial charge in [-0.25, -0.2) is 4.39 Å². The summed E-state index contributed by atoms with van der Waals surface area (Å²) in [7, 11) is 0. The maximum Gasteiger partial charge on any atom is 0.144 e. The van der Waals surface area contributed by atoms with Gasteiger partial charge in [0.05, 0.1) is 34.1 Å². The van der Waals surface area contributed by atoms with Gasteiger partial charge in [-0.05, 0) is 31.2 Å². The summed E-state index contributed by atoms with van der Waals surface area (Å²) in [6.45, 7) is 2.34. The third kappa shape index (κ3) is 3.74. The highest BCUT2D eigenvalue weighted by molar-refractivity contribution is 6.31. The van der Waals surface area contributed by atoms with E-state index in [1.165, 1.54) is 24.4 Å². The number of anilines is 3. The number of pyridine rings is 1. The van der Waals surface area contributed by atoms with E-state index in [0.717, 1.165) is 0 Å². The Morgan fingerprint density at radius 3 is 2.77 bits per heavy atom. The molecular weight excluding hydrogens is 378 g/mol. The van der Waals surface area contributed by atoms with Crippen molar-refractivity contribution in [2.75, 3.05) is 17.7 Å². The smallest absolute Gasteiger partial charge is 0.144 e. The lowest BCUT2D eigenvalue weighted by Gasteiger charge is -2.14. The number of hydrogen-bond donors (Lipinski definition) is 2. The van der Waals surface area contributed by atoms with Gasteiger partial charge in [-0.3, -0.25) is 4.98 Å². The molecule has 1 heterocycles. The quantitative estimate of drug-likeness (QED) is 0.607. The zero-order chi connectivity index (χ0) is 18.0. The van der Waals surface area contributed by atoms with Crippen molar-refractivity contribution in [1.29, 1.82) is 5.26 Å². The van der Waals surface area contributed by atoms with Crippen LogP contribution in [0.2, 0.25) is 5.02 Å². The van der Waals surface area contributed by atoms with Gasteiger partial charge in [0, 0.05) is 23.3 Å². The fourth-order valence-corrected chi connectivity index (χ4v) is 2.64. The number of ether oxygens (including phenoxy) is 1. The van der Waals surface area contributed by atoms with Gasteiger partial charge in [-0.2, -0.15) is 5.26 Å². The van der Waals surface area contributed by atoms with Crippen molar-refractivity contribution in [3.8, 4) is 11.8 Å². The first-order chi connectivity index (χ1) is 12.0. The molecule has 0 radical (unpaired) electrons. The Labute approximate surface area is 161 Å². The van der Waals surface area contributed by atoms with Crippen LogP contribution in [0.25, 0.3) is 10.9 Å². The lowest BCUT2D eigenvalue weighted by Crippen LogP contribution is -2.00. The minimum Gasteiger partial charge on any atom is -0.492 e. The van der Waals surface area contributed by atoms with Crippen LogP contribution in [-0.4, -0.2) is 11.6 Å². The van der Waals surface area contributed by atoms with Gasteiger partial charge in [0.15, 0.2) is 0 Å². The molecule has 0 aliphatic rings. The summed E-state index contributed by atoms with van der Waals surface area (Å²) >= 11 is 5.82. The van der Waals surface area contributed by atoms with E-state index < -0.39 is 5.82 Å². The van der Waals surface area contributed by atoms with Crippen LogP contribution in [0.15, 0.2) is 36.5 Å². The van der Waals surface area contributed by atoms with Gasteiger partial charge in [-0.15, -0.1) is 12.4 Å². The monoisotopic (exact) mass is 392 g/mol. The predicted molar refractivity (Wildman–Crippen MR) is 104 cm³/mol. The number of hydrogen-bond acceptors (Lipinski definition) is 5. The van der Waals surface area contributed by atoms with E-state index in [0.29, 0.717) is 45.9 Å². The van der Waals surface area contributed by atoms with Gasteiger partial charge in [0.25, 0.3) is 0 Å². The number of fused-ring (bicyclic) bond motifs is 1. The zero-order valence-corrected chi connectivity index (χ0v) is 15.3. The highest BCUT2D eigenvalue weighted by Crippen LogP contribution is 2.35. The molecule has 3 N–H and O–H groups in total. The number of aromatic nitrogens is 1. The van der Waals surface area contributed by atoms with Crippen molar-refractivity contribution in [1.82, 2.24) is 4.98 Å². The maximum atomic E-state index is 13.4. The molecule has 3 rings (SSSR count). The van der Waals surface area contributed by atoms with Crippen LogP contribution in [0.4, 0.5) is 21.5 Å². The van der Waals surface area contributed by atoms with Crippen LogP contribution in [0.1, 0.15) is 12.5 Å². The van der Waals surface area contributed by atoms with Gasteiger partial charge >= 0.3 is 0 Å². The SMILES string of the molecule is CCOc1cc2ncc(C#N)c(Nc3ccc(F)c(Cl)c3)c2cc1N.Cl. The van der Waals surface area contributed by atoms with E-state index in [1.807, 2.05) is 6.92 Å². The first-order valence-corrected chi connectivity index (χ1v) is 7.88.